The normalized spacial score (nSPS) is 23.2. The van der Waals surface area contributed by atoms with Crippen molar-refractivity contribution >= 4 is 11.7 Å². The number of benzene rings is 1. The third kappa shape index (κ3) is 3.55. The number of nitrogens with zero attached hydrogens (tertiary/aromatic N) is 5. The van der Waals surface area contributed by atoms with E-state index in [1.807, 2.05) is 30.0 Å². The Morgan fingerprint density at radius 1 is 1.31 bits per heavy atom. The Morgan fingerprint density at radius 3 is 3.00 bits per heavy atom. The Labute approximate surface area is 152 Å². The van der Waals surface area contributed by atoms with E-state index in [1.165, 1.54) is 12.8 Å². The Balaban J connectivity index is 1.43. The van der Waals surface area contributed by atoms with Crippen molar-refractivity contribution in [3.63, 3.8) is 0 Å². The Morgan fingerprint density at radius 2 is 2.23 bits per heavy atom. The summed E-state index contributed by atoms with van der Waals surface area (Å²) in [6, 6.07) is 5.78. The molecule has 2 unspecified atom stereocenters. The molecule has 0 saturated carbocycles. The lowest BCUT2D eigenvalue weighted by atomic mass is 9.85. The lowest BCUT2D eigenvalue weighted by Crippen LogP contribution is -2.44. The second-order valence-corrected chi connectivity index (χ2v) is 7.29. The topological polar surface area (TPSA) is 88.0 Å². The smallest absolute Gasteiger partial charge is 0.321 e. The number of tetrazole rings is 1. The fourth-order valence-electron chi connectivity index (χ4n) is 4.07. The first-order valence-electron chi connectivity index (χ1n) is 9.31. The first-order chi connectivity index (χ1) is 12.7. The first kappa shape index (κ1) is 17.0. The molecular weight excluding hydrogens is 330 g/mol. The van der Waals surface area contributed by atoms with Crippen LogP contribution in [0, 0.1) is 18.8 Å². The number of carbonyl (C=O) groups excluding carboxylic acids is 1. The van der Waals surface area contributed by atoms with E-state index in [-0.39, 0.29) is 6.03 Å². The van der Waals surface area contributed by atoms with E-state index in [4.69, 9.17) is 0 Å². The van der Waals surface area contributed by atoms with Gasteiger partial charge >= 0.3 is 6.03 Å². The molecule has 4 rings (SSSR count). The molecule has 0 radical (unpaired) electrons. The van der Waals surface area contributed by atoms with Crippen molar-refractivity contribution in [2.75, 3.05) is 31.5 Å². The molecule has 2 amide bonds. The zero-order valence-corrected chi connectivity index (χ0v) is 15.1. The third-order valence-corrected chi connectivity index (χ3v) is 5.57. The summed E-state index contributed by atoms with van der Waals surface area (Å²) < 4.78 is 1.61. The van der Waals surface area contributed by atoms with Crippen LogP contribution < -0.4 is 10.6 Å². The minimum Gasteiger partial charge on any atom is -0.324 e. The third-order valence-electron chi connectivity index (χ3n) is 5.57. The van der Waals surface area contributed by atoms with E-state index in [2.05, 4.69) is 26.2 Å². The van der Waals surface area contributed by atoms with Crippen molar-refractivity contribution in [3.05, 3.63) is 30.1 Å². The first-order valence-corrected chi connectivity index (χ1v) is 9.31. The summed E-state index contributed by atoms with van der Waals surface area (Å²) in [6.45, 7) is 5.87. The van der Waals surface area contributed by atoms with Gasteiger partial charge < -0.3 is 15.5 Å². The van der Waals surface area contributed by atoms with Crippen LogP contribution >= 0.6 is 0 Å². The summed E-state index contributed by atoms with van der Waals surface area (Å²) in [5.74, 6) is 1.32. The van der Waals surface area contributed by atoms with Gasteiger partial charge in [-0.1, -0.05) is 6.07 Å². The molecule has 0 aliphatic carbocycles. The Kier molecular flexibility index (Phi) is 4.83. The molecule has 2 fully saturated rings. The van der Waals surface area contributed by atoms with Gasteiger partial charge in [0.2, 0.25) is 0 Å². The molecule has 2 aliphatic heterocycles. The van der Waals surface area contributed by atoms with Crippen LogP contribution in [0.15, 0.2) is 24.5 Å². The highest BCUT2D eigenvalue weighted by Crippen LogP contribution is 2.28. The molecule has 2 aromatic rings. The zero-order chi connectivity index (χ0) is 17.9. The molecule has 3 heterocycles. The van der Waals surface area contributed by atoms with Crippen LogP contribution in [0.25, 0.3) is 5.69 Å². The summed E-state index contributed by atoms with van der Waals surface area (Å²) in [7, 11) is 0. The lowest BCUT2D eigenvalue weighted by Gasteiger charge is -2.35. The molecule has 26 heavy (non-hydrogen) atoms. The van der Waals surface area contributed by atoms with Gasteiger partial charge in [-0.05, 0) is 79.2 Å². The molecule has 138 valence electrons. The highest BCUT2D eigenvalue weighted by molar-refractivity contribution is 5.89. The predicted octanol–water partition coefficient (Wildman–Crippen LogP) is 1.82. The lowest BCUT2D eigenvalue weighted by molar-refractivity contribution is 0.154. The van der Waals surface area contributed by atoms with Gasteiger partial charge in [0, 0.05) is 18.8 Å². The summed E-state index contributed by atoms with van der Waals surface area (Å²) in [4.78, 5) is 14.7. The maximum Gasteiger partial charge on any atom is 0.321 e. The standard InChI is InChI=1S/C18H25N7O/c1-13-4-5-16(9-17(13)25-12-20-22-23-25)21-18(26)24-8-2-3-15(11-24)14-6-7-19-10-14/h4-5,9,12,14-15,19H,2-3,6-8,10-11H2,1H3,(H,21,26). The molecule has 8 nitrogen and oxygen atoms in total. The number of piperidine rings is 1. The van der Waals surface area contributed by atoms with Crippen LogP contribution in [0.4, 0.5) is 10.5 Å². The molecule has 2 aliphatic rings. The monoisotopic (exact) mass is 355 g/mol. The van der Waals surface area contributed by atoms with Crippen molar-refractivity contribution in [2.24, 2.45) is 11.8 Å². The van der Waals surface area contributed by atoms with Crippen LogP contribution in [-0.4, -0.2) is 57.3 Å². The molecule has 8 heteroatoms. The molecule has 0 spiro atoms. The molecule has 2 saturated heterocycles. The van der Waals surface area contributed by atoms with E-state index in [0.717, 1.165) is 49.5 Å². The summed E-state index contributed by atoms with van der Waals surface area (Å²) in [5, 5.41) is 17.8. The average molecular weight is 355 g/mol. The van der Waals surface area contributed by atoms with Gasteiger partial charge in [-0.25, -0.2) is 9.48 Å². The minimum absolute atomic E-state index is 0.0211. The number of urea groups is 1. The van der Waals surface area contributed by atoms with E-state index in [0.29, 0.717) is 11.8 Å². The summed E-state index contributed by atoms with van der Waals surface area (Å²) in [5.41, 5.74) is 2.67. The van der Waals surface area contributed by atoms with Gasteiger partial charge in [-0.3, -0.25) is 0 Å². The molecule has 1 aromatic carbocycles. The van der Waals surface area contributed by atoms with Crippen molar-refractivity contribution in [1.29, 1.82) is 0 Å². The number of amides is 2. The van der Waals surface area contributed by atoms with Gasteiger partial charge in [-0.2, -0.15) is 0 Å². The number of nitrogens with one attached hydrogen (secondary N) is 2. The summed E-state index contributed by atoms with van der Waals surface area (Å²) >= 11 is 0. The number of anilines is 1. The number of likely N-dealkylation sites (tertiary alicyclic amines) is 1. The van der Waals surface area contributed by atoms with Crippen molar-refractivity contribution in [3.8, 4) is 5.69 Å². The second kappa shape index (κ2) is 7.41. The second-order valence-electron chi connectivity index (χ2n) is 7.29. The molecule has 1 aromatic heterocycles. The highest BCUT2D eigenvalue weighted by Gasteiger charge is 2.31. The van der Waals surface area contributed by atoms with Crippen LogP contribution in [-0.2, 0) is 0 Å². The zero-order valence-electron chi connectivity index (χ0n) is 15.1. The number of carbonyl (C=O) groups is 1. The maximum atomic E-state index is 12.8. The SMILES string of the molecule is Cc1ccc(NC(=O)N2CCCC(C3CCNC3)C2)cc1-n1cnnn1. The predicted molar refractivity (Wildman–Crippen MR) is 98.2 cm³/mol. The van der Waals surface area contributed by atoms with Gasteiger partial charge in [-0.15, -0.1) is 5.10 Å². The molecule has 2 atom stereocenters. The van der Waals surface area contributed by atoms with Crippen molar-refractivity contribution in [2.45, 2.75) is 26.2 Å². The average Bonchev–Trinajstić information content (AvgIpc) is 3.37. The number of aryl methyl sites for hydroxylation is 1. The van der Waals surface area contributed by atoms with Crippen LogP contribution in [0.3, 0.4) is 0 Å². The molecular formula is C18H25N7O. The number of rotatable bonds is 3. The summed E-state index contributed by atoms with van der Waals surface area (Å²) in [6.07, 6.45) is 5.09. The van der Waals surface area contributed by atoms with E-state index < -0.39 is 0 Å². The van der Waals surface area contributed by atoms with Crippen LogP contribution in [0.1, 0.15) is 24.8 Å². The van der Waals surface area contributed by atoms with E-state index in [9.17, 15) is 4.79 Å². The highest BCUT2D eigenvalue weighted by atomic mass is 16.2. The fourth-order valence-corrected chi connectivity index (χ4v) is 4.07. The van der Waals surface area contributed by atoms with Gasteiger partial charge in [0.1, 0.15) is 6.33 Å². The van der Waals surface area contributed by atoms with Crippen molar-refractivity contribution < 1.29 is 4.79 Å². The number of aromatic nitrogens is 4. The number of hydrogen-bond donors (Lipinski definition) is 2. The van der Waals surface area contributed by atoms with Crippen molar-refractivity contribution in [1.82, 2.24) is 30.4 Å². The fraction of sp³-hybridized carbons (Fsp3) is 0.556. The minimum atomic E-state index is -0.0211. The maximum absolute atomic E-state index is 12.8. The molecule has 0 bridgehead atoms. The van der Waals surface area contributed by atoms with E-state index >= 15 is 0 Å². The molecule has 2 N–H and O–H groups in total. The Bertz CT molecular complexity index is 755. The largest absolute Gasteiger partial charge is 0.324 e. The quantitative estimate of drug-likeness (QED) is 0.877. The van der Waals surface area contributed by atoms with Crippen LogP contribution in [0.5, 0.6) is 0 Å². The van der Waals surface area contributed by atoms with Gasteiger partial charge in [0.15, 0.2) is 0 Å². The Hall–Kier alpha value is -2.48. The van der Waals surface area contributed by atoms with E-state index in [1.54, 1.807) is 11.0 Å². The van der Waals surface area contributed by atoms with Gasteiger partial charge in [0.05, 0.1) is 5.69 Å². The van der Waals surface area contributed by atoms with Crippen LogP contribution in [0.2, 0.25) is 0 Å². The number of hydrogen-bond acceptors (Lipinski definition) is 5. The van der Waals surface area contributed by atoms with Gasteiger partial charge in [0.25, 0.3) is 0 Å².